The average Bonchev–Trinajstić information content (AvgIpc) is 2.66. The van der Waals surface area contributed by atoms with Crippen LogP contribution in [0.3, 0.4) is 0 Å². The second-order valence-corrected chi connectivity index (χ2v) is 5.88. The molecule has 0 fully saturated rings. The Labute approximate surface area is 153 Å². The van der Waals surface area contributed by atoms with E-state index in [2.05, 4.69) is 10.6 Å². The maximum atomic E-state index is 12.1. The molecule has 0 aliphatic carbocycles. The molecule has 2 aromatic rings. The van der Waals surface area contributed by atoms with Gasteiger partial charge in [-0.05, 0) is 17.5 Å². The van der Waals surface area contributed by atoms with Crippen molar-refractivity contribution >= 4 is 12.0 Å². The highest BCUT2D eigenvalue weighted by atomic mass is 16.5. The van der Waals surface area contributed by atoms with Crippen LogP contribution in [0.5, 0.6) is 0 Å². The van der Waals surface area contributed by atoms with Gasteiger partial charge in [0.05, 0.1) is 0 Å². The number of aliphatic hydroxyl groups is 1. The zero-order chi connectivity index (χ0) is 18.6. The second kappa shape index (κ2) is 10.9. The van der Waals surface area contributed by atoms with Crippen LogP contribution in [0.4, 0.5) is 4.79 Å². The zero-order valence-corrected chi connectivity index (χ0v) is 14.6. The van der Waals surface area contributed by atoms with Gasteiger partial charge in [0.15, 0.2) is 0 Å². The highest BCUT2D eigenvalue weighted by molar-refractivity contribution is 5.77. The first-order valence-electron chi connectivity index (χ1n) is 8.56. The van der Waals surface area contributed by atoms with Gasteiger partial charge in [0.1, 0.15) is 6.61 Å². The van der Waals surface area contributed by atoms with Crippen molar-refractivity contribution in [1.29, 1.82) is 0 Å². The van der Waals surface area contributed by atoms with Gasteiger partial charge in [0.2, 0.25) is 5.91 Å². The second-order valence-electron chi connectivity index (χ2n) is 5.88. The molecule has 2 rings (SSSR count). The van der Waals surface area contributed by atoms with Gasteiger partial charge in [0, 0.05) is 25.6 Å². The fourth-order valence-electron chi connectivity index (χ4n) is 2.41. The van der Waals surface area contributed by atoms with E-state index < -0.39 is 12.1 Å². The van der Waals surface area contributed by atoms with Crippen LogP contribution in [-0.4, -0.2) is 29.8 Å². The van der Waals surface area contributed by atoms with Crippen LogP contribution in [0.25, 0.3) is 0 Å². The molecule has 0 bridgehead atoms. The number of amides is 2. The molecule has 0 aromatic heterocycles. The van der Waals surface area contributed by atoms with Crippen molar-refractivity contribution in [2.45, 2.75) is 32.0 Å². The van der Waals surface area contributed by atoms with E-state index in [0.717, 1.165) is 11.1 Å². The van der Waals surface area contributed by atoms with Crippen molar-refractivity contribution < 1.29 is 19.4 Å². The number of hydrogen-bond donors (Lipinski definition) is 3. The van der Waals surface area contributed by atoms with Crippen molar-refractivity contribution in [3.8, 4) is 0 Å². The normalized spacial score (nSPS) is 11.4. The van der Waals surface area contributed by atoms with Gasteiger partial charge in [-0.1, -0.05) is 60.7 Å². The Morgan fingerprint density at radius 3 is 2.19 bits per heavy atom. The fraction of sp³-hybridized carbons (Fsp3) is 0.300. The molecule has 2 amide bonds. The first kappa shape index (κ1) is 19.5. The summed E-state index contributed by atoms with van der Waals surface area (Å²) < 4.78 is 5.15. The minimum atomic E-state index is -0.608. The highest BCUT2D eigenvalue weighted by Crippen LogP contribution is 2.04. The molecule has 3 N–H and O–H groups in total. The number of hydrogen-bond acceptors (Lipinski definition) is 4. The fourth-order valence-corrected chi connectivity index (χ4v) is 2.41. The summed E-state index contributed by atoms with van der Waals surface area (Å²) in [5, 5.41) is 14.6. The molecule has 1 atom stereocenters. The molecule has 138 valence electrons. The minimum absolute atomic E-state index is 0.0772. The molecule has 6 nitrogen and oxygen atoms in total. The van der Waals surface area contributed by atoms with Crippen molar-refractivity contribution in [2.75, 3.05) is 6.61 Å². The van der Waals surface area contributed by atoms with Crippen LogP contribution in [-0.2, 0) is 22.7 Å². The maximum Gasteiger partial charge on any atom is 0.407 e. The van der Waals surface area contributed by atoms with Crippen LogP contribution in [0.2, 0.25) is 0 Å². The lowest BCUT2D eigenvalue weighted by Gasteiger charge is -2.17. The molecule has 26 heavy (non-hydrogen) atoms. The molecule has 0 heterocycles. The molecule has 0 radical (unpaired) electrons. The monoisotopic (exact) mass is 356 g/mol. The van der Waals surface area contributed by atoms with Crippen molar-refractivity contribution in [2.24, 2.45) is 0 Å². The predicted molar refractivity (Wildman–Crippen MR) is 98.2 cm³/mol. The van der Waals surface area contributed by atoms with E-state index in [9.17, 15) is 9.59 Å². The number of aliphatic hydroxyl groups excluding tert-OH is 1. The maximum absolute atomic E-state index is 12.1. The van der Waals surface area contributed by atoms with Gasteiger partial charge in [-0.25, -0.2) is 4.79 Å². The van der Waals surface area contributed by atoms with E-state index in [1.807, 2.05) is 60.7 Å². The largest absolute Gasteiger partial charge is 0.445 e. The number of nitrogens with one attached hydrogen (secondary N) is 2. The summed E-state index contributed by atoms with van der Waals surface area (Å²) in [5.41, 5.74) is 1.87. The van der Waals surface area contributed by atoms with Crippen LogP contribution in [0.1, 0.15) is 24.0 Å². The third-order valence-corrected chi connectivity index (χ3v) is 3.78. The number of alkyl carbamates (subject to hydrolysis) is 1. The smallest absolute Gasteiger partial charge is 0.407 e. The van der Waals surface area contributed by atoms with Gasteiger partial charge in [-0.2, -0.15) is 0 Å². The number of carbonyl (C=O) groups excluding carboxylic acids is 2. The first-order chi connectivity index (χ1) is 12.7. The van der Waals surface area contributed by atoms with Crippen molar-refractivity contribution in [3.05, 3.63) is 71.8 Å². The highest BCUT2D eigenvalue weighted by Gasteiger charge is 2.17. The molecule has 0 saturated heterocycles. The lowest BCUT2D eigenvalue weighted by molar-refractivity contribution is -0.121. The van der Waals surface area contributed by atoms with Gasteiger partial charge in [0.25, 0.3) is 0 Å². The number of benzene rings is 2. The molecule has 6 heteroatoms. The van der Waals surface area contributed by atoms with E-state index in [4.69, 9.17) is 9.84 Å². The van der Waals surface area contributed by atoms with Crippen molar-refractivity contribution in [1.82, 2.24) is 10.6 Å². The topological polar surface area (TPSA) is 87.7 Å². The molecular formula is C20H24N2O4. The average molecular weight is 356 g/mol. The first-order valence-corrected chi connectivity index (χ1v) is 8.56. The van der Waals surface area contributed by atoms with Crippen LogP contribution in [0, 0.1) is 0 Å². The Morgan fingerprint density at radius 1 is 0.962 bits per heavy atom. The molecule has 0 aliphatic rings. The molecule has 0 saturated carbocycles. The summed E-state index contributed by atoms with van der Waals surface area (Å²) in [6.07, 6.45) is -0.254. The summed E-state index contributed by atoms with van der Waals surface area (Å²) in [5.74, 6) is -0.198. The quantitative estimate of drug-likeness (QED) is 0.644. The van der Waals surface area contributed by atoms with E-state index in [0.29, 0.717) is 6.54 Å². The summed E-state index contributed by atoms with van der Waals surface area (Å²) in [6.45, 7) is 0.443. The molecule has 0 aliphatic heterocycles. The number of ether oxygens (including phenoxy) is 1. The van der Waals surface area contributed by atoms with Crippen LogP contribution >= 0.6 is 0 Å². The third kappa shape index (κ3) is 7.36. The summed E-state index contributed by atoms with van der Waals surface area (Å²) in [7, 11) is 0. The van der Waals surface area contributed by atoms with Gasteiger partial charge >= 0.3 is 6.09 Å². The van der Waals surface area contributed by atoms with E-state index in [1.165, 1.54) is 0 Å². The molecule has 2 aromatic carbocycles. The SMILES string of the molecule is O=C(C[C@H](CCO)NC(=O)OCc1ccccc1)NCc1ccccc1. The van der Waals surface area contributed by atoms with Gasteiger partial charge in [-0.15, -0.1) is 0 Å². The Balaban J connectivity index is 1.75. The zero-order valence-electron chi connectivity index (χ0n) is 14.6. The van der Waals surface area contributed by atoms with Gasteiger partial charge < -0.3 is 20.5 Å². The lowest BCUT2D eigenvalue weighted by Crippen LogP contribution is -2.39. The standard InChI is InChI=1S/C20H24N2O4/c23-12-11-18(13-19(24)21-14-16-7-3-1-4-8-16)22-20(25)26-15-17-9-5-2-6-10-17/h1-10,18,23H,11-15H2,(H,21,24)(H,22,25)/t18-/m0/s1. The summed E-state index contributed by atoms with van der Waals surface area (Å²) >= 11 is 0. The minimum Gasteiger partial charge on any atom is -0.445 e. The van der Waals surface area contributed by atoms with E-state index in [-0.39, 0.29) is 32.0 Å². The predicted octanol–water partition coefficient (Wildman–Crippen LogP) is 2.37. The summed E-state index contributed by atoms with van der Waals surface area (Å²) in [4.78, 5) is 24.0. The third-order valence-electron chi connectivity index (χ3n) is 3.78. The lowest BCUT2D eigenvalue weighted by atomic mass is 10.1. The molecule has 0 spiro atoms. The number of rotatable bonds is 9. The molecular weight excluding hydrogens is 332 g/mol. The van der Waals surface area contributed by atoms with E-state index >= 15 is 0 Å². The molecule has 0 unspecified atom stereocenters. The Kier molecular flexibility index (Phi) is 8.15. The number of carbonyl (C=O) groups is 2. The Morgan fingerprint density at radius 2 is 1.58 bits per heavy atom. The Hall–Kier alpha value is -2.86. The van der Waals surface area contributed by atoms with Crippen LogP contribution in [0.15, 0.2) is 60.7 Å². The van der Waals surface area contributed by atoms with E-state index in [1.54, 1.807) is 0 Å². The Bertz CT molecular complexity index is 619. The van der Waals surface area contributed by atoms with Crippen molar-refractivity contribution in [3.63, 3.8) is 0 Å². The summed E-state index contributed by atoms with van der Waals surface area (Å²) in [6, 6.07) is 18.4. The van der Waals surface area contributed by atoms with Crippen LogP contribution < -0.4 is 10.6 Å². The van der Waals surface area contributed by atoms with Gasteiger partial charge in [-0.3, -0.25) is 4.79 Å².